The van der Waals surface area contributed by atoms with E-state index in [0.717, 1.165) is 84.6 Å². The molecular weight excluding hydrogens is 514 g/mol. The van der Waals surface area contributed by atoms with Crippen molar-refractivity contribution in [3.05, 3.63) is 41.6 Å². The number of hydrogen-bond acceptors (Lipinski definition) is 5. The fourth-order valence-corrected chi connectivity index (χ4v) is 8.47. The van der Waals surface area contributed by atoms with Gasteiger partial charge in [0.25, 0.3) is 5.91 Å². The third kappa shape index (κ3) is 3.58. The fourth-order valence-electron chi connectivity index (χ4n) is 8.47. The smallest absolute Gasteiger partial charge is 0.254 e. The first-order valence-electron chi connectivity index (χ1n) is 15.5. The fraction of sp³-hybridized carbons (Fsp3) is 0.545. The molecule has 0 spiro atoms. The Morgan fingerprint density at radius 1 is 1.05 bits per heavy atom. The van der Waals surface area contributed by atoms with Crippen molar-refractivity contribution in [2.24, 2.45) is 30.7 Å². The number of likely N-dealkylation sites (tertiary alicyclic amines) is 1. The van der Waals surface area contributed by atoms with Crippen LogP contribution in [-0.2, 0) is 18.3 Å². The number of aryl methyl sites for hydroxylation is 1. The van der Waals surface area contributed by atoms with Gasteiger partial charge in [-0.3, -0.25) is 4.79 Å². The Balaban J connectivity index is 1.14. The van der Waals surface area contributed by atoms with Crippen molar-refractivity contribution >= 4 is 28.0 Å². The molecule has 0 bridgehead atoms. The van der Waals surface area contributed by atoms with Gasteiger partial charge in [-0.2, -0.15) is 0 Å². The van der Waals surface area contributed by atoms with Gasteiger partial charge in [0, 0.05) is 62.0 Å². The number of imidazole rings is 1. The van der Waals surface area contributed by atoms with E-state index >= 15 is 0 Å². The minimum atomic E-state index is 0.128. The van der Waals surface area contributed by atoms with Crippen LogP contribution in [-0.4, -0.2) is 62.8 Å². The Morgan fingerprint density at radius 3 is 2.66 bits per heavy atom. The molecule has 9 rings (SSSR count). The number of ether oxygens (including phenoxy) is 2. The summed E-state index contributed by atoms with van der Waals surface area (Å²) in [4.78, 5) is 26.3. The van der Waals surface area contributed by atoms with Crippen LogP contribution in [0.2, 0.25) is 0 Å². The zero-order valence-electron chi connectivity index (χ0n) is 23.9. The van der Waals surface area contributed by atoms with Crippen LogP contribution < -0.4 is 4.74 Å². The molecule has 5 aliphatic rings. The molecule has 8 heteroatoms. The van der Waals surface area contributed by atoms with Crippen LogP contribution in [0.4, 0.5) is 0 Å². The van der Waals surface area contributed by atoms with E-state index in [1.807, 2.05) is 12.1 Å². The summed E-state index contributed by atoms with van der Waals surface area (Å²) >= 11 is 0. The predicted molar refractivity (Wildman–Crippen MR) is 156 cm³/mol. The molecule has 2 aliphatic heterocycles. The Morgan fingerprint density at radius 2 is 1.90 bits per heavy atom. The summed E-state index contributed by atoms with van der Waals surface area (Å²) in [6.45, 7) is 3.48. The van der Waals surface area contributed by atoms with E-state index in [1.54, 1.807) is 7.11 Å². The molecule has 212 valence electrons. The van der Waals surface area contributed by atoms with E-state index in [-0.39, 0.29) is 5.91 Å². The van der Waals surface area contributed by atoms with Crippen LogP contribution in [0.15, 0.2) is 30.3 Å². The normalized spacial score (nSPS) is 27.2. The van der Waals surface area contributed by atoms with Crippen molar-refractivity contribution in [1.82, 2.24) is 24.0 Å². The molecule has 1 unspecified atom stereocenters. The monoisotopic (exact) mass is 551 g/mol. The molecule has 1 amide bonds. The Hall–Kier alpha value is -3.39. The number of hydrogen-bond donors (Lipinski definition) is 0. The van der Waals surface area contributed by atoms with Gasteiger partial charge in [0.15, 0.2) is 5.82 Å². The van der Waals surface area contributed by atoms with Gasteiger partial charge in [0.05, 0.1) is 18.3 Å². The lowest BCUT2D eigenvalue weighted by Gasteiger charge is -2.52. The molecule has 3 aliphatic carbocycles. The number of pyridine rings is 1. The van der Waals surface area contributed by atoms with Gasteiger partial charge < -0.3 is 23.5 Å². The number of benzene rings is 1. The molecule has 0 radical (unpaired) electrons. The number of carbonyl (C=O) groups excluding carboxylic acids is 1. The zero-order chi connectivity index (χ0) is 27.4. The topological polar surface area (TPSA) is 74.4 Å². The highest BCUT2D eigenvalue weighted by Gasteiger charge is 2.61. The molecule has 0 N–H and O–H groups in total. The first-order chi connectivity index (χ1) is 20.1. The molecule has 2 saturated heterocycles. The van der Waals surface area contributed by atoms with Crippen molar-refractivity contribution in [2.45, 2.75) is 57.0 Å². The number of rotatable bonds is 6. The lowest BCUT2D eigenvalue weighted by atomic mass is 9.53. The van der Waals surface area contributed by atoms with Crippen LogP contribution in [0.25, 0.3) is 33.6 Å². The first-order valence-corrected chi connectivity index (χ1v) is 15.5. The Kier molecular flexibility index (Phi) is 5.20. The van der Waals surface area contributed by atoms with Crippen molar-refractivity contribution < 1.29 is 14.3 Å². The molecule has 1 aromatic carbocycles. The predicted octanol–water partition coefficient (Wildman–Crippen LogP) is 5.38. The van der Waals surface area contributed by atoms with Crippen molar-refractivity contribution in [1.29, 1.82) is 0 Å². The van der Waals surface area contributed by atoms with Crippen LogP contribution >= 0.6 is 0 Å². The highest BCUT2D eigenvalue weighted by atomic mass is 16.5. The summed E-state index contributed by atoms with van der Waals surface area (Å²) in [5.74, 6) is 5.18. The van der Waals surface area contributed by atoms with Gasteiger partial charge in [-0.1, -0.05) is 0 Å². The summed E-state index contributed by atoms with van der Waals surface area (Å²) in [6.07, 6.45) is 7.06. The lowest BCUT2D eigenvalue weighted by molar-refractivity contribution is -0.0204. The summed E-state index contributed by atoms with van der Waals surface area (Å²) < 4.78 is 16.0. The van der Waals surface area contributed by atoms with E-state index in [0.29, 0.717) is 35.1 Å². The third-order valence-electron chi connectivity index (χ3n) is 10.9. The van der Waals surface area contributed by atoms with E-state index in [4.69, 9.17) is 19.4 Å². The molecule has 5 heterocycles. The van der Waals surface area contributed by atoms with Gasteiger partial charge >= 0.3 is 0 Å². The average Bonchev–Trinajstić information content (AvgIpc) is 3.66. The second-order valence-corrected chi connectivity index (χ2v) is 13.3. The third-order valence-corrected chi connectivity index (χ3v) is 10.9. The van der Waals surface area contributed by atoms with E-state index < -0.39 is 0 Å². The highest BCUT2D eigenvalue weighted by molar-refractivity contribution is 6.00. The molecule has 3 saturated carbocycles. The Bertz CT molecular complexity index is 1710. The Labute approximate surface area is 239 Å². The molecule has 41 heavy (non-hydrogen) atoms. The van der Waals surface area contributed by atoms with Gasteiger partial charge in [-0.05, 0) is 92.5 Å². The van der Waals surface area contributed by atoms with E-state index in [9.17, 15) is 4.79 Å². The maximum Gasteiger partial charge on any atom is 0.254 e. The number of aromatic nitrogens is 4. The number of nitrogens with zero attached hydrogens (tertiary/aromatic N) is 5. The first kappa shape index (κ1) is 24.2. The average molecular weight is 552 g/mol. The van der Waals surface area contributed by atoms with Crippen LogP contribution in [0.5, 0.6) is 5.75 Å². The van der Waals surface area contributed by atoms with Crippen LogP contribution in [0.3, 0.4) is 0 Å². The quantitative estimate of drug-likeness (QED) is 0.322. The highest BCUT2D eigenvalue weighted by Crippen LogP contribution is 2.60. The number of carbonyl (C=O) groups is 1. The standard InChI is InChI=1S/C33H37N5O3/c1-36-30-25(12-22(15-28(30)40-2)33(39)38-17-23-11-21-14-26(38)29(21)23)35-32(36)27-13-20-5-6-24(19-7-9-41-10-8-19)34-31(20)37(27)16-18-3-4-18/h5-6,12-13,15,18-19,21,23,26,29H,3-4,7-11,14,16-17H2,1-2H3/t21?,23-,26-,29-/m1/s1. The summed E-state index contributed by atoms with van der Waals surface area (Å²) in [5.41, 5.74) is 5.71. The van der Waals surface area contributed by atoms with Crippen molar-refractivity contribution in [3.8, 4) is 17.3 Å². The minimum absolute atomic E-state index is 0.128. The SMILES string of the molecule is COc1cc(C(=O)N2C[C@H]3CC4C[C@@H]2[C@H]43)cc2nc(-c3cc4ccc(C5CCOCC5)nc4n3CC3CC3)n(C)c12. The van der Waals surface area contributed by atoms with Gasteiger partial charge in [-0.25, -0.2) is 9.97 Å². The van der Waals surface area contributed by atoms with E-state index in [2.05, 4.69) is 39.3 Å². The number of methoxy groups -OCH3 is 1. The minimum Gasteiger partial charge on any atom is -0.494 e. The van der Waals surface area contributed by atoms with Gasteiger partial charge in [-0.15, -0.1) is 0 Å². The zero-order valence-corrected chi connectivity index (χ0v) is 23.9. The molecule has 4 atom stereocenters. The number of amides is 1. The van der Waals surface area contributed by atoms with Crippen LogP contribution in [0.1, 0.15) is 60.5 Å². The summed E-state index contributed by atoms with van der Waals surface area (Å²) in [7, 11) is 3.75. The molecule has 8 nitrogen and oxygen atoms in total. The van der Waals surface area contributed by atoms with Gasteiger partial charge in [0.2, 0.25) is 0 Å². The van der Waals surface area contributed by atoms with Gasteiger partial charge in [0.1, 0.15) is 16.9 Å². The molecular formula is C33H37N5O3. The largest absolute Gasteiger partial charge is 0.494 e. The second kappa shape index (κ2) is 8.81. The van der Waals surface area contributed by atoms with Crippen LogP contribution in [0, 0.1) is 23.7 Å². The molecule has 5 fully saturated rings. The maximum absolute atomic E-state index is 13.8. The second-order valence-electron chi connectivity index (χ2n) is 13.3. The number of fused-ring (bicyclic) bond motifs is 2. The van der Waals surface area contributed by atoms with Crippen molar-refractivity contribution in [2.75, 3.05) is 26.9 Å². The molecule has 4 aromatic rings. The maximum atomic E-state index is 13.8. The summed E-state index contributed by atoms with van der Waals surface area (Å²) in [5, 5.41) is 1.15. The van der Waals surface area contributed by atoms with Crippen molar-refractivity contribution in [3.63, 3.8) is 0 Å². The lowest BCUT2D eigenvalue weighted by Crippen LogP contribution is -2.53. The summed E-state index contributed by atoms with van der Waals surface area (Å²) in [6, 6.07) is 11.0. The van der Waals surface area contributed by atoms with E-state index in [1.165, 1.54) is 31.4 Å². The molecule has 3 aromatic heterocycles.